The summed E-state index contributed by atoms with van der Waals surface area (Å²) in [7, 11) is 0. The number of thioether (sulfide) groups is 1. The molecule has 0 spiro atoms. The van der Waals surface area contributed by atoms with Crippen molar-refractivity contribution in [3.05, 3.63) is 66.0 Å². The minimum Gasteiger partial charge on any atom is -0.493 e. The molecule has 0 atom stereocenters. The number of allylic oxidation sites excluding steroid dienone is 1. The lowest BCUT2D eigenvalue weighted by Gasteiger charge is -2.10. The maximum atomic E-state index is 13.3. The molecule has 1 N–H and O–H groups in total. The summed E-state index contributed by atoms with van der Waals surface area (Å²) in [5.74, 6) is 1.22. The van der Waals surface area contributed by atoms with Crippen LogP contribution < -0.4 is 10.1 Å². The van der Waals surface area contributed by atoms with E-state index in [1.807, 2.05) is 28.8 Å². The molecule has 0 saturated carbocycles. The van der Waals surface area contributed by atoms with E-state index in [1.165, 1.54) is 30.0 Å². The number of carbonyl (C=O) groups is 1. The van der Waals surface area contributed by atoms with Crippen molar-refractivity contribution in [1.29, 1.82) is 0 Å². The zero-order chi connectivity index (χ0) is 23.1. The quantitative estimate of drug-likeness (QED) is 0.302. The fourth-order valence-electron chi connectivity index (χ4n) is 2.77. The van der Waals surface area contributed by atoms with Crippen molar-refractivity contribution in [1.82, 2.24) is 14.8 Å². The van der Waals surface area contributed by atoms with E-state index in [0.717, 1.165) is 11.3 Å². The highest BCUT2D eigenvalue weighted by Gasteiger charge is 2.15. The number of aromatic nitrogens is 3. The molecule has 9 heteroatoms. The predicted molar refractivity (Wildman–Crippen MR) is 127 cm³/mol. The summed E-state index contributed by atoms with van der Waals surface area (Å²) in [6.45, 7) is 9.14. The molecule has 6 nitrogen and oxygen atoms in total. The van der Waals surface area contributed by atoms with E-state index in [9.17, 15) is 9.18 Å². The standard InChI is InChI=1S/C23H24ClFN4O2S/c1-4-11-29-22(16-5-8-18(9-6-16)31-13-15(2)3)27-28-23(29)32-14-21(30)26-17-7-10-20(25)19(24)12-17/h4-10,12,15H,1,11,13-14H2,2-3H3,(H,26,30). The summed E-state index contributed by atoms with van der Waals surface area (Å²) >= 11 is 7.01. The molecule has 3 rings (SSSR count). The van der Waals surface area contributed by atoms with Crippen LogP contribution in [0.4, 0.5) is 10.1 Å². The lowest BCUT2D eigenvalue weighted by atomic mass is 10.2. The van der Waals surface area contributed by atoms with Crippen molar-refractivity contribution in [2.75, 3.05) is 17.7 Å². The zero-order valence-corrected chi connectivity index (χ0v) is 19.4. The molecule has 0 unspecified atom stereocenters. The molecule has 0 bridgehead atoms. The van der Waals surface area contributed by atoms with Crippen LogP contribution in [0.25, 0.3) is 11.4 Å². The monoisotopic (exact) mass is 474 g/mol. The predicted octanol–water partition coefficient (Wildman–Crippen LogP) is 5.69. The number of halogens is 2. The van der Waals surface area contributed by atoms with Gasteiger partial charge in [0.15, 0.2) is 11.0 Å². The van der Waals surface area contributed by atoms with Crippen LogP contribution in [0.3, 0.4) is 0 Å². The van der Waals surface area contributed by atoms with Crippen molar-refractivity contribution in [2.24, 2.45) is 5.92 Å². The van der Waals surface area contributed by atoms with Gasteiger partial charge in [-0.3, -0.25) is 9.36 Å². The Hall–Kier alpha value is -2.84. The minimum absolute atomic E-state index is 0.0496. The number of ether oxygens (including phenoxy) is 1. The first-order chi connectivity index (χ1) is 15.4. The van der Waals surface area contributed by atoms with Crippen LogP contribution in [-0.2, 0) is 11.3 Å². The van der Waals surface area contributed by atoms with Gasteiger partial charge in [0.25, 0.3) is 0 Å². The van der Waals surface area contributed by atoms with Crippen LogP contribution in [0.5, 0.6) is 5.75 Å². The lowest BCUT2D eigenvalue weighted by molar-refractivity contribution is -0.113. The SMILES string of the molecule is C=CCn1c(SCC(=O)Nc2ccc(F)c(Cl)c2)nnc1-c1ccc(OCC(C)C)cc1. The number of hydrogen-bond donors (Lipinski definition) is 1. The Morgan fingerprint density at radius 2 is 2.03 bits per heavy atom. The molecule has 2 aromatic carbocycles. The van der Waals surface area contributed by atoms with Gasteiger partial charge in [-0.1, -0.05) is 43.3 Å². The molecular formula is C23H24ClFN4O2S. The molecule has 1 heterocycles. The number of anilines is 1. The van der Waals surface area contributed by atoms with Crippen LogP contribution in [0.1, 0.15) is 13.8 Å². The summed E-state index contributed by atoms with van der Waals surface area (Å²) < 4.78 is 20.9. The molecule has 0 saturated heterocycles. The van der Waals surface area contributed by atoms with Gasteiger partial charge in [-0.15, -0.1) is 16.8 Å². The van der Waals surface area contributed by atoms with E-state index in [0.29, 0.717) is 35.7 Å². The number of carbonyl (C=O) groups excluding carboxylic acids is 1. The van der Waals surface area contributed by atoms with Gasteiger partial charge in [-0.05, 0) is 48.4 Å². The van der Waals surface area contributed by atoms with E-state index in [2.05, 4.69) is 35.9 Å². The van der Waals surface area contributed by atoms with Gasteiger partial charge in [-0.25, -0.2) is 4.39 Å². The first-order valence-electron chi connectivity index (χ1n) is 10.0. The Bertz CT molecular complexity index is 1090. The second-order valence-electron chi connectivity index (χ2n) is 7.40. The third-order valence-corrected chi connectivity index (χ3v) is 5.52. The minimum atomic E-state index is -0.538. The zero-order valence-electron chi connectivity index (χ0n) is 17.8. The van der Waals surface area contributed by atoms with E-state index in [-0.39, 0.29) is 16.7 Å². The average molecular weight is 475 g/mol. The second-order valence-corrected chi connectivity index (χ2v) is 8.75. The molecule has 0 aliphatic rings. The highest BCUT2D eigenvalue weighted by atomic mass is 35.5. The van der Waals surface area contributed by atoms with Crippen molar-refractivity contribution in [2.45, 2.75) is 25.5 Å². The van der Waals surface area contributed by atoms with E-state index in [1.54, 1.807) is 6.08 Å². The molecule has 32 heavy (non-hydrogen) atoms. The fourth-order valence-corrected chi connectivity index (χ4v) is 3.70. The Kier molecular flexibility index (Phi) is 8.30. The third-order valence-electron chi connectivity index (χ3n) is 4.26. The van der Waals surface area contributed by atoms with Crippen molar-refractivity contribution in [3.8, 4) is 17.1 Å². The number of hydrogen-bond acceptors (Lipinski definition) is 5. The van der Waals surface area contributed by atoms with Crippen LogP contribution in [0.2, 0.25) is 5.02 Å². The first-order valence-corrected chi connectivity index (χ1v) is 11.4. The van der Waals surface area contributed by atoms with Crippen molar-refractivity contribution in [3.63, 3.8) is 0 Å². The Morgan fingerprint density at radius 1 is 1.28 bits per heavy atom. The van der Waals surface area contributed by atoms with E-state index >= 15 is 0 Å². The van der Waals surface area contributed by atoms with E-state index in [4.69, 9.17) is 16.3 Å². The lowest BCUT2D eigenvalue weighted by Crippen LogP contribution is -2.14. The van der Waals surface area contributed by atoms with Gasteiger partial charge in [-0.2, -0.15) is 0 Å². The summed E-state index contributed by atoms with van der Waals surface area (Å²) in [6, 6.07) is 11.7. The second kappa shape index (κ2) is 11.2. The molecular weight excluding hydrogens is 451 g/mol. The largest absolute Gasteiger partial charge is 0.493 e. The summed E-state index contributed by atoms with van der Waals surface area (Å²) in [4.78, 5) is 12.3. The topological polar surface area (TPSA) is 69.0 Å². The number of nitrogens with one attached hydrogen (secondary N) is 1. The smallest absolute Gasteiger partial charge is 0.234 e. The maximum absolute atomic E-state index is 13.3. The summed E-state index contributed by atoms with van der Waals surface area (Å²) in [6.07, 6.45) is 1.75. The average Bonchev–Trinajstić information content (AvgIpc) is 3.16. The van der Waals surface area contributed by atoms with E-state index < -0.39 is 5.82 Å². The molecule has 3 aromatic rings. The van der Waals surface area contributed by atoms with Crippen molar-refractivity contribution >= 4 is 35.0 Å². The van der Waals surface area contributed by atoms with Crippen LogP contribution >= 0.6 is 23.4 Å². The number of rotatable bonds is 10. The highest BCUT2D eigenvalue weighted by molar-refractivity contribution is 7.99. The number of amides is 1. The Balaban J connectivity index is 1.68. The molecule has 1 amide bonds. The first kappa shape index (κ1) is 23.8. The highest BCUT2D eigenvalue weighted by Crippen LogP contribution is 2.26. The molecule has 0 aliphatic heterocycles. The Morgan fingerprint density at radius 3 is 2.69 bits per heavy atom. The van der Waals surface area contributed by atoms with Crippen LogP contribution in [0.15, 0.2) is 60.3 Å². The van der Waals surface area contributed by atoms with Crippen LogP contribution in [-0.4, -0.2) is 33.0 Å². The molecule has 0 fully saturated rings. The summed E-state index contributed by atoms with van der Waals surface area (Å²) in [5.41, 5.74) is 1.31. The van der Waals surface area contributed by atoms with Crippen LogP contribution in [0, 0.1) is 11.7 Å². The van der Waals surface area contributed by atoms with Gasteiger partial charge in [0, 0.05) is 17.8 Å². The molecule has 0 radical (unpaired) electrons. The third kappa shape index (κ3) is 6.34. The van der Waals surface area contributed by atoms with Gasteiger partial charge in [0.05, 0.1) is 17.4 Å². The molecule has 1 aromatic heterocycles. The van der Waals surface area contributed by atoms with Gasteiger partial charge in [0.1, 0.15) is 11.6 Å². The maximum Gasteiger partial charge on any atom is 0.234 e. The number of nitrogens with zero attached hydrogens (tertiary/aromatic N) is 3. The van der Waals surface area contributed by atoms with Crippen molar-refractivity contribution < 1.29 is 13.9 Å². The summed E-state index contributed by atoms with van der Waals surface area (Å²) in [5, 5.41) is 11.8. The van der Waals surface area contributed by atoms with Gasteiger partial charge in [0.2, 0.25) is 5.91 Å². The molecule has 168 valence electrons. The van der Waals surface area contributed by atoms with Gasteiger partial charge < -0.3 is 10.1 Å². The normalized spacial score (nSPS) is 10.9. The Labute approximate surface area is 195 Å². The molecule has 0 aliphatic carbocycles. The number of benzene rings is 2. The van der Waals surface area contributed by atoms with Gasteiger partial charge >= 0.3 is 0 Å². The fraction of sp³-hybridized carbons (Fsp3) is 0.261.